The van der Waals surface area contributed by atoms with Gasteiger partial charge in [0, 0.05) is 59.6 Å². The molecule has 45 heavy (non-hydrogen) atoms. The second-order valence-corrected chi connectivity index (χ2v) is 18.9. The first kappa shape index (κ1) is 33.5. The van der Waals surface area contributed by atoms with E-state index in [9.17, 15) is 0 Å². The van der Waals surface area contributed by atoms with Gasteiger partial charge >= 0.3 is 0 Å². The summed E-state index contributed by atoms with van der Waals surface area (Å²) in [5.41, 5.74) is 8.76. The van der Waals surface area contributed by atoms with E-state index < -0.39 is 8.32 Å². The Morgan fingerprint density at radius 1 is 0.867 bits per heavy atom. The normalized spacial score (nSPS) is 13.9. The molecule has 0 spiro atoms. The van der Waals surface area contributed by atoms with Crippen molar-refractivity contribution in [3.63, 3.8) is 0 Å². The number of benzene rings is 3. The molecule has 0 atom stereocenters. The van der Waals surface area contributed by atoms with E-state index in [2.05, 4.69) is 61.9 Å². The quantitative estimate of drug-likeness (QED) is 0.167. The molecule has 0 saturated heterocycles. The Bertz CT molecular complexity index is 1680. The molecule has 0 N–H and O–H groups in total. The van der Waals surface area contributed by atoms with Gasteiger partial charge in [-0.2, -0.15) is 0 Å². The van der Waals surface area contributed by atoms with Crippen LogP contribution in [0.1, 0.15) is 37.5 Å². The molecule has 4 aromatic rings. The fraction of sp³-hybridized carbons (Fsp3) is 0.378. The number of rotatable bonds is 9. The Morgan fingerprint density at radius 2 is 1.51 bits per heavy atom. The van der Waals surface area contributed by atoms with Crippen molar-refractivity contribution in [3.8, 4) is 45.1 Å². The number of fused-ring (bicyclic) bond motifs is 1. The SMILES string of the molecule is COc1cc(-c2cccc(-c3cccc(-c4ccc(C)c(OC)n4)c3Cl)c2Cl)cc2c1CN(CCO[Si](C)(C)C(C)(C)C)CC2. The van der Waals surface area contributed by atoms with Crippen molar-refractivity contribution >= 4 is 31.5 Å². The summed E-state index contributed by atoms with van der Waals surface area (Å²) in [7, 11) is 1.60. The summed E-state index contributed by atoms with van der Waals surface area (Å²) in [4.78, 5) is 7.15. The van der Waals surface area contributed by atoms with Gasteiger partial charge in [0.15, 0.2) is 8.32 Å². The molecule has 0 saturated carbocycles. The molecule has 0 aliphatic carbocycles. The smallest absolute Gasteiger partial charge is 0.216 e. The first-order valence-corrected chi connectivity index (χ1v) is 19.2. The van der Waals surface area contributed by atoms with E-state index in [1.807, 2.05) is 49.4 Å². The molecule has 1 aliphatic heterocycles. The van der Waals surface area contributed by atoms with Gasteiger partial charge in [0.25, 0.3) is 0 Å². The third-order valence-electron chi connectivity index (χ3n) is 9.40. The van der Waals surface area contributed by atoms with E-state index in [-0.39, 0.29) is 5.04 Å². The first-order valence-electron chi connectivity index (χ1n) is 15.5. The highest BCUT2D eigenvalue weighted by molar-refractivity contribution is 6.74. The van der Waals surface area contributed by atoms with Crippen molar-refractivity contribution < 1.29 is 13.9 Å². The Labute approximate surface area is 279 Å². The molecule has 238 valence electrons. The van der Waals surface area contributed by atoms with Crippen LogP contribution in [0.15, 0.2) is 60.7 Å². The van der Waals surface area contributed by atoms with E-state index in [0.717, 1.165) is 77.5 Å². The van der Waals surface area contributed by atoms with Crippen LogP contribution in [0.3, 0.4) is 0 Å². The summed E-state index contributed by atoms with van der Waals surface area (Å²) in [6.45, 7) is 16.9. The number of ether oxygens (including phenoxy) is 2. The van der Waals surface area contributed by atoms with Crippen molar-refractivity contribution in [2.45, 2.75) is 58.8 Å². The van der Waals surface area contributed by atoms with Crippen LogP contribution in [0.25, 0.3) is 33.5 Å². The summed E-state index contributed by atoms with van der Waals surface area (Å²) in [6, 6.07) is 20.4. The maximum absolute atomic E-state index is 7.19. The van der Waals surface area contributed by atoms with E-state index in [0.29, 0.717) is 15.9 Å². The molecule has 8 heteroatoms. The van der Waals surface area contributed by atoms with Crippen LogP contribution in [0, 0.1) is 6.92 Å². The highest BCUT2D eigenvalue weighted by atomic mass is 35.5. The van der Waals surface area contributed by atoms with Crippen LogP contribution >= 0.6 is 23.2 Å². The zero-order valence-corrected chi connectivity index (χ0v) is 30.2. The molecule has 0 bridgehead atoms. The largest absolute Gasteiger partial charge is 0.496 e. The molecule has 5 rings (SSSR count). The zero-order valence-electron chi connectivity index (χ0n) is 27.7. The van der Waals surface area contributed by atoms with Gasteiger partial charge < -0.3 is 13.9 Å². The summed E-state index contributed by atoms with van der Waals surface area (Å²) in [6.07, 6.45) is 0.942. The molecule has 0 unspecified atom stereocenters. The Morgan fingerprint density at radius 3 is 2.16 bits per heavy atom. The molecule has 0 radical (unpaired) electrons. The Hall–Kier alpha value is -2.87. The van der Waals surface area contributed by atoms with Crippen molar-refractivity contribution in [1.29, 1.82) is 0 Å². The lowest BCUT2D eigenvalue weighted by Crippen LogP contribution is -2.43. The third-order valence-corrected chi connectivity index (χ3v) is 14.7. The Kier molecular flexibility index (Phi) is 10.0. The second kappa shape index (κ2) is 13.5. The highest BCUT2D eigenvalue weighted by Gasteiger charge is 2.37. The summed E-state index contributed by atoms with van der Waals surface area (Å²) in [5, 5.41) is 1.45. The maximum Gasteiger partial charge on any atom is 0.216 e. The predicted molar refractivity (Wildman–Crippen MR) is 191 cm³/mol. The molecule has 0 fully saturated rings. The third kappa shape index (κ3) is 6.96. The number of aromatic nitrogens is 1. The fourth-order valence-electron chi connectivity index (χ4n) is 5.63. The first-order chi connectivity index (χ1) is 21.3. The minimum atomic E-state index is -1.77. The van der Waals surface area contributed by atoms with E-state index >= 15 is 0 Å². The van der Waals surface area contributed by atoms with Gasteiger partial charge in [-0.25, -0.2) is 4.98 Å². The number of nitrogens with zero attached hydrogens (tertiary/aromatic N) is 2. The van der Waals surface area contributed by atoms with E-state index in [4.69, 9.17) is 37.1 Å². The predicted octanol–water partition coefficient (Wildman–Crippen LogP) is 10.1. The van der Waals surface area contributed by atoms with Gasteiger partial charge in [0.2, 0.25) is 5.88 Å². The van der Waals surface area contributed by atoms with Gasteiger partial charge in [-0.15, -0.1) is 0 Å². The molecular formula is C37H44Cl2N2O3Si. The number of hydrogen-bond donors (Lipinski definition) is 0. The lowest BCUT2D eigenvalue weighted by molar-refractivity contribution is 0.185. The van der Waals surface area contributed by atoms with Gasteiger partial charge in [-0.1, -0.05) is 92.5 Å². The van der Waals surface area contributed by atoms with Crippen molar-refractivity contribution in [2.75, 3.05) is 33.9 Å². The summed E-state index contributed by atoms with van der Waals surface area (Å²) in [5.74, 6) is 1.47. The fourth-order valence-corrected chi connectivity index (χ4v) is 7.33. The molecular weight excluding hydrogens is 619 g/mol. The van der Waals surface area contributed by atoms with Crippen molar-refractivity contribution in [1.82, 2.24) is 9.88 Å². The number of halogens is 2. The van der Waals surface area contributed by atoms with Crippen LogP contribution in [-0.2, 0) is 17.4 Å². The summed E-state index contributed by atoms with van der Waals surface area (Å²) < 4.78 is 17.9. The van der Waals surface area contributed by atoms with Crippen molar-refractivity contribution in [2.24, 2.45) is 0 Å². The van der Waals surface area contributed by atoms with Crippen LogP contribution in [0.2, 0.25) is 28.2 Å². The van der Waals surface area contributed by atoms with Gasteiger partial charge in [0.1, 0.15) is 5.75 Å². The number of pyridine rings is 1. The Balaban J connectivity index is 1.42. The van der Waals surface area contributed by atoms with Gasteiger partial charge in [-0.05, 0) is 54.7 Å². The molecule has 3 aromatic carbocycles. The standard InChI is InChI=1S/C37H44Cl2N2O3Si/c1-24-15-16-32(40-36(24)43-6)30-14-10-13-29(35(30)39)28-12-9-11-27(34(28)38)26-21-25-17-18-41(23-31(25)33(22-26)42-5)19-20-44-45(7,8)37(2,3)4/h9-16,21-22H,17-20,23H2,1-8H3. The van der Waals surface area contributed by atoms with E-state index in [1.54, 1.807) is 14.2 Å². The number of aryl methyl sites for hydroxylation is 1. The van der Waals surface area contributed by atoms with Crippen LogP contribution < -0.4 is 9.47 Å². The lowest BCUT2D eigenvalue weighted by atomic mass is 9.92. The number of hydrogen-bond acceptors (Lipinski definition) is 5. The monoisotopic (exact) mass is 662 g/mol. The minimum absolute atomic E-state index is 0.209. The number of methoxy groups -OCH3 is 2. The molecule has 0 amide bonds. The van der Waals surface area contributed by atoms with Gasteiger partial charge in [-0.3, -0.25) is 4.90 Å². The zero-order chi connectivity index (χ0) is 32.5. The highest BCUT2D eigenvalue weighted by Crippen LogP contribution is 2.44. The molecule has 5 nitrogen and oxygen atoms in total. The molecule has 1 aromatic heterocycles. The van der Waals surface area contributed by atoms with Crippen LogP contribution in [-0.4, -0.2) is 52.1 Å². The maximum atomic E-state index is 7.19. The average Bonchev–Trinajstić information content (AvgIpc) is 3.00. The van der Waals surface area contributed by atoms with Gasteiger partial charge in [0.05, 0.1) is 30.0 Å². The van der Waals surface area contributed by atoms with Crippen molar-refractivity contribution in [3.05, 3.63) is 87.4 Å². The summed E-state index contributed by atoms with van der Waals surface area (Å²) >= 11 is 14.2. The molecule has 1 aliphatic rings. The second-order valence-electron chi connectivity index (χ2n) is 13.3. The lowest BCUT2D eigenvalue weighted by Gasteiger charge is -2.37. The topological polar surface area (TPSA) is 43.8 Å². The average molecular weight is 664 g/mol. The van der Waals surface area contributed by atoms with Crippen LogP contribution in [0.5, 0.6) is 11.6 Å². The van der Waals surface area contributed by atoms with Crippen LogP contribution in [0.4, 0.5) is 0 Å². The minimum Gasteiger partial charge on any atom is -0.496 e. The van der Waals surface area contributed by atoms with E-state index in [1.165, 1.54) is 11.1 Å². The molecule has 2 heterocycles.